The van der Waals surface area contributed by atoms with Crippen LogP contribution >= 0.6 is 0 Å². The van der Waals surface area contributed by atoms with Crippen LogP contribution in [0.3, 0.4) is 0 Å². The van der Waals surface area contributed by atoms with Gasteiger partial charge in [-0.25, -0.2) is 8.42 Å². The van der Waals surface area contributed by atoms with Crippen molar-refractivity contribution in [3.8, 4) is 11.5 Å². The molecular formula is C16H23NO5S. The molecule has 7 heteroatoms. The molecule has 1 saturated heterocycles. The minimum absolute atomic E-state index is 0.0373. The summed E-state index contributed by atoms with van der Waals surface area (Å²) in [6.07, 6.45) is 1.49. The van der Waals surface area contributed by atoms with Gasteiger partial charge in [-0.1, -0.05) is 0 Å². The molecule has 23 heavy (non-hydrogen) atoms. The Morgan fingerprint density at radius 2 is 2.09 bits per heavy atom. The standard InChI is InChI=1S/C16H23NO5S/c1-21-14-4-5-15(22-2)13(9-14)3-6-16(18)17-10-12-7-8-23(19,20)11-12/h4-5,9,12H,3,6-8,10-11H2,1-2H3,(H,17,18). The van der Waals surface area contributed by atoms with Gasteiger partial charge in [-0.15, -0.1) is 0 Å². The summed E-state index contributed by atoms with van der Waals surface area (Å²) in [6.45, 7) is 0.424. The second-order valence-electron chi connectivity index (χ2n) is 5.75. The first-order chi connectivity index (χ1) is 10.9. The Kier molecular flexibility index (Phi) is 5.87. The van der Waals surface area contributed by atoms with Crippen molar-refractivity contribution in [1.82, 2.24) is 5.32 Å². The van der Waals surface area contributed by atoms with Crippen molar-refractivity contribution < 1.29 is 22.7 Å². The molecule has 0 saturated carbocycles. The van der Waals surface area contributed by atoms with Gasteiger partial charge in [0.15, 0.2) is 9.84 Å². The van der Waals surface area contributed by atoms with Crippen LogP contribution in [0.2, 0.25) is 0 Å². The van der Waals surface area contributed by atoms with Gasteiger partial charge < -0.3 is 14.8 Å². The molecule has 0 bridgehead atoms. The van der Waals surface area contributed by atoms with E-state index in [4.69, 9.17) is 9.47 Å². The highest BCUT2D eigenvalue weighted by atomic mass is 32.2. The highest BCUT2D eigenvalue weighted by Crippen LogP contribution is 2.25. The summed E-state index contributed by atoms with van der Waals surface area (Å²) in [6, 6.07) is 5.48. The molecular weight excluding hydrogens is 318 g/mol. The molecule has 0 aromatic heterocycles. The van der Waals surface area contributed by atoms with Crippen molar-refractivity contribution in [1.29, 1.82) is 0 Å². The fourth-order valence-electron chi connectivity index (χ4n) is 2.71. The molecule has 1 fully saturated rings. The van der Waals surface area contributed by atoms with E-state index in [1.165, 1.54) is 0 Å². The van der Waals surface area contributed by atoms with Crippen LogP contribution in [0.1, 0.15) is 18.4 Å². The van der Waals surface area contributed by atoms with Crippen LogP contribution in [0.15, 0.2) is 18.2 Å². The zero-order valence-corrected chi connectivity index (χ0v) is 14.3. The molecule has 128 valence electrons. The Morgan fingerprint density at radius 1 is 1.30 bits per heavy atom. The average Bonchev–Trinajstić information content (AvgIpc) is 2.89. The minimum atomic E-state index is -2.90. The van der Waals surface area contributed by atoms with E-state index >= 15 is 0 Å². The molecule has 2 rings (SSSR count). The number of rotatable bonds is 7. The molecule has 6 nitrogen and oxygen atoms in total. The van der Waals surface area contributed by atoms with Crippen LogP contribution in [-0.2, 0) is 21.1 Å². The van der Waals surface area contributed by atoms with Gasteiger partial charge in [-0.2, -0.15) is 0 Å². The second kappa shape index (κ2) is 7.68. The number of aryl methyl sites for hydroxylation is 1. The van der Waals surface area contributed by atoms with Crippen LogP contribution in [0.5, 0.6) is 11.5 Å². The molecule has 0 aliphatic carbocycles. The SMILES string of the molecule is COc1ccc(OC)c(CCC(=O)NCC2CCS(=O)(=O)C2)c1. The molecule has 1 N–H and O–H groups in total. The van der Waals surface area contributed by atoms with Crippen molar-refractivity contribution >= 4 is 15.7 Å². The van der Waals surface area contributed by atoms with Gasteiger partial charge in [0.05, 0.1) is 25.7 Å². The molecule has 1 aliphatic rings. The number of methoxy groups -OCH3 is 2. The first-order valence-corrected chi connectivity index (χ1v) is 9.43. The van der Waals surface area contributed by atoms with Crippen LogP contribution in [0, 0.1) is 5.92 Å². The largest absolute Gasteiger partial charge is 0.497 e. The Balaban J connectivity index is 1.82. The van der Waals surface area contributed by atoms with Crippen molar-refractivity contribution in [2.45, 2.75) is 19.3 Å². The van der Waals surface area contributed by atoms with Crippen molar-refractivity contribution in [2.75, 3.05) is 32.3 Å². The number of carbonyl (C=O) groups is 1. The molecule has 0 radical (unpaired) electrons. The summed E-state index contributed by atoms with van der Waals surface area (Å²) in [5.41, 5.74) is 0.908. The van der Waals surface area contributed by atoms with Gasteiger partial charge >= 0.3 is 0 Å². The maximum Gasteiger partial charge on any atom is 0.220 e. The summed E-state index contributed by atoms with van der Waals surface area (Å²) < 4.78 is 33.2. The van der Waals surface area contributed by atoms with Crippen LogP contribution in [-0.4, -0.2) is 46.6 Å². The summed E-state index contributed by atoms with van der Waals surface area (Å²) in [4.78, 5) is 12.0. The number of nitrogens with one attached hydrogen (secondary N) is 1. The Hall–Kier alpha value is -1.76. The minimum Gasteiger partial charge on any atom is -0.497 e. The van der Waals surface area contributed by atoms with E-state index in [-0.39, 0.29) is 23.3 Å². The maximum atomic E-state index is 12.0. The van der Waals surface area contributed by atoms with E-state index in [1.54, 1.807) is 14.2 Å². The lowest BCUT2D eigenvalue weighted by molar-refractivity contribution is -0.121. The third-order valence-corrected chi connectivity index (χ3v) is 5.86. The second-order valence-corrected chi connectivity index (χ2v) is 7.98. The zero-order valence-electron chi connectivity index (χ0n) is 13.5. The molecule has 1 aromatic carbocycles. The number of ether oxygens (including phenoxy) is 2. The topological polar surface area (TPSA) is 81.7 Å². The average molecular weight is 341 g/mol. The van der Waals surface area contributed by atoms with Gasteiger partial charge in [0, 0.05) is 13.0 Å². The Bertz CT molecular complexity index is 656. The van der Waals surface area contributed by atoms with Crippen molar-refractivity contribution in [3.63, 3.8) is 0 Å². The fourth-order valence-corrected chi connectivity index (χ4v) is 4.57. The number of carbonyl (C=O) groups excluding carboxylic acids is 1. The fraction of sp³-hybridized carbons (Fsp3) is 0.562. The first-order valence-electron chi connectivity index (χ1n) is 7.61. The summed E-state index contributed by atoms with van der Waals surface area (Å²) in [5, 5.41) is 2.82. The van der Waals surface area contributed by atoms with Crippen molar-refractivity contribution in [2.24, 2.45) is 5.92 Å². The monoisotopic (exact) mass is 341 g/mol. The van der Waals surface area contributed by atoms with E-state index in [2.05, 4.69) is 5.32 Å². The number of sulfone groups is 1. The summed E-state index contributed by atoms with van der Waals surface area (Å²) in [7, 11) is 0.283. The highest BCUT2D eigenvalue weighted by Gasteiger charge is 2.27. The van der Waals surface area contributed by atoms with E-state index < -0.39 is 9.84 Å². The van der Waals surface area contributed by atoms with E-state index in [1.807, 2.05) is 18.2 Å². The Labute approximate surface area is 137 Å². The summed E-state index contributed by atoms with van der Waals surface area (Å²) in [5.74, 6) is 1.80. The molecule has 1 atom stereocenters. The lowest BCUT2D eigenvalue weighted by atomic mass is 10.1. The van der Waals surface area contributed by atoms with E-state index in [0.717, 1.165) is 17.1 Å². The summed E-state index contributed by atoms with van der Waals surface area (Å²) >= 11 is 0. The van der Waals surface area contributed by atoms with Crippen molar-refractivity contribution in [3.05, 3.63) is 23.8 Å². The molecule has 1 amide bonds. The quantitative estimate of drug-likeness (QED) is 0.805. The molecule has 1 heterocycles. The third-order valence-electron chi connectivity index (χ3n) is 4.02. The molecule has 0 spiro atoms. The number of benzene rings is 1. The molecule has 1 aromatic rings. The highest BCUT2D eigenvalue weighted by molar-refractivity contribution is 7.91. The smallest absolute Gasteiger partial charge is 0.220 e. The van der Waals surface area contributed by atoms with Gasteiger partial charge in [0.1, 0.15) is 11.5 Å². The third kappa shape index (κ3) is 5.13. The predicted octanol–water partition coefficient (Wildman–Crippen LogP) is 1.19. The van der Waals surface area contributed by atoms with Crippen LogP contribution in [0.25, 0.3) is 0 Å². The van der Waals surface area contributed by atoms with Gasteiger partial charge in [0.25, 0.3) is 0 Å². The predicted molar refractivity (Wildman–Crippen MR) is 87.6 cm³/mol. The van der Waals surface area contributed by atoms with E-state index in [9.17, 15) is 13.2 Å². The van der Waals surface area contributed by atoms with Crippen LogP contribution in [0.4, 0.5) is 0 Å². The van der Waals surface area contributed by atoms with Gasteiger partial charge in [-0.05, 0) is 42.5 Å². The maximum absolute atomic E-state index is 12.0. The zero-order chi connectivity index (χ0) is 16.9. The number of hydrogen-bond acceptors (Lipinski definition) is 5. The lowest BCUT2D eigenvalue weighted by Crippen LogP contribution is -2.30. The van der Waals surface area contributed by atoms with Gasteiger partial charge in [0.2, 0.25) is 5.91 Å². The van der Waals surface area contributed by atoms with Crippen LogP contribution < -0.4 is 14.8 Å². The van der Waals surface area contributed by atoms with E-state index in [0.29, 0.717) is 25.8 Å². The lowest BCUT2D eigenvalue weighted by Gasteiger charge is -2.12. The Morgan fingerprint density at radius 3 is 2.70 bits per heavy atom. The number of hydrogen-bond donors (Lipinski definition) is 1. The molecule has 1 aliphatic heterocycles. The normalized spacial score (nSPS) is 19.3. The first kappa shape index (κ1) is 17.6. The molecule has 1 unspecified atom stereocenters. The number of amides is 1. The van der Waals surface area contributed by atoms with Gasteiger partial charge in [-0.3, -0.25) is 4.79 Å².